The van der Waals surface area contributed by atoms with E-state index in [9.17, 15) is 38.4 Å². The number of nitrogens with zero attached hydrogens (tertiary/aromatic N) is 1. The Bertz CT molecular complexity index is 3070. The van der Waals surface area contributed by atoms with E-state index in [1.165, 1.54) is 0 Å². The highest BCUT2D eigenvalue weighted by Gasteiger charge is 2.50. The van der Waals surface area contributed by atoms with Crippen LogP contribution in [0.15, 0.2) is 0 Å². The first-order valence-corrected chi connectivity index (χ1v) is 51.5. The number of Topliss-reactive ketones (excluding diaryl/α,β-unsaturated/α-hetero) is 5. The molecule has 0 aromatic carbocycles. The fraction of sp³-hybridized carbons (Fsp3) is 0.927. The molecule has 0 aromatic rings. The molecule has 136 heavy (non-hydrogen) atoms. The van der Waals surface area contributed by atoms with Gasteiger partial charge in [-0.15, -0.1) is 0 Å². The lowest BCUT2D eigenvalue weighted by molar-refractivity contribution is -0.331. The summed E-state index contributed by atoms with van der Waals surface area (Å²) in [7, 11) is 0. The molecule has 1 aliphatic rings. The first-order chi connectivity index (χ1) is 61.8. The molecule has 5 atom stereocenters. The van der Waals surface area contributed by atoms with Crippen LogP contribution in [-0.2, 0) is 105 Å². The predicted octanol–water partition coefficient (Wildman–Crippen LogP) is 21.0. The lowest BCUT2D eigenvalue weighted by atomic mass is 9.75. The van der Waals surface area contributed by atoms with Crippen LogP contribution in [0.25, 0.3) is 0 Å². The van der Waals surface area contributed by atoms with Gasteiger partial charge in [0.1, 0.15) is 58.9 Å². The third-order valence-corrected chi connectivity index (χ3v) is 20.3. The standard InChI is InChI=1S/C29H58O6.C28H52O6.C20H38O4.C19H39NO4.C14H29N3O2/c1-20(2)14-30-16-22-23(32-17-27(5,6)7)24(33-18-28(8,9)10)25(31-15-21(3)4)26(35-22)34-19-29(11,12)13;1-21(2)23(29)11-14-32-18-28(17-26(5,6)7,19-33-15-12-24(30)22(3)4)20-34-16-13-25(31)27(8,9)10;1-15(2)18(21)8-10-23-13-17(12-20(5,6)7)14-24-11-9-19(22)16(3)4;1-14(2)22-11-19(12-23-15(3)4,13-24-16(5)6)20-17(21)10-18(7,8)9;1-10(2)15-12(18)8-17(14(5,6)7)9-13(19)16-11(3)4/h20-26H,14-19H2,1-13H3;21-22H,11-20H2,1-10H3;15-17H,8-14H2,1-7H3;14-16H,10-13H2,1-9H3,(H,20,21);10-11H,8-9H2,1-7H3,(H,15,18)(H,16,19)/t22?,23-,24+,25?,26-;;;;/m1..../s1. The maximum absolute atomic E-state index is 12.5. The van der Waals surface area contributed by atoms with Crippen molar-refractivity contribution in [1.29, 1.82) is 0 Å². The van der Waals surface area contributed by atoms with Crippen LogP contribution < -0.4 is 16.0 Å². The highest BCUT2D eigenvalue weighted by Crippen LogP contribution is 2.38. The van der Waals surface area contributed by atoms with E-state index in [2.05, 4.69) is 148 Å². The summed E-state index contributed by atoms with van der Waals surface area (Å²) < 4.78 is 85.6. The molecule has 0 aliphatic carbocycles. The van der Waals surface area contributed by atoms with E-state index in [0.29, 0.717) is 176 Å². The van der Waals surface area contributed by atoms with Crippen LogP contribution in [0.4, 0.5) is 0 Å². The van der Waals surface area contributed by atoms with E-state index in [1.807, 2.05) is 192 Å². The third kappa shape index (κ3) is 78.6. The van der Waals surface area contributed by atoms with Crippen molar-refractivity contribution < 1.29 is 105 Å². The van der Waals surface area contributed by atoms with Crippen LogP contribution in [0, 0.1) is 84.7 Å². The monoisotopic (exact) mass is 1950 g/mol. The highest BCUT2D eigenvalue weighted by molar-refractivity contribution is 5.84. The van der Waals surface area contributed by atoms with Crippen molar-refractivity contribution in [2.24, 2.45) is 84.7 Å². The number of hydrogen-bond donors (Lipinski definition) is 3. The number of rotatable bonds is 61. The van der Waals surface area contributed by atoms with E-state index in [-0.39, 0.29) is 181 Å². The SMILES string of the molecule is CC(C)C(=O)CCOCC(COCCC(=O)C(C)C)(COCCC(=O)C(C)(C)C)CC(C)(C)C.CC(C)C(=O)CCOCC(COCCC(=O)C(C)C)CC(C)(C)C.CC(C)COCC1O[C@@H](OCC(C)(C)C)C(OCC(C)C)[C@@H](OCC(C)(C)C)[C@@H]1OCC(C)(C)C.CC(C)NC(=O)CN(CC(=O)NC(C)C)C(C)(C)C.CC(C)OCC(COC(C)C)(COC(C)C)NC(=O)CC(C)(C)C. The summed E-state index contributed by atoms with van der Waals surface area (Å²) >= 11 is 0. The Morgan fingerprint density at radius 1 is 0.338 bits per heavy atom. The molecule has 0 radical (unpaired) electrons. The molecule has 0 aromatic heterocycles. The topological polar surface area (TPSA) is 305 Å². The van der Waals surface area contributed by atoms with E-state index in [0.717, 1.165) is 12.8 Å². The number of carbonyl (C=O) groups excluding carboxylic acids is 8. The van der Waals surface area contributed by atoms with Crippen molar-refractivity contribution in [1.82, 2.24) is 20.9 Å². The van der Waals surface area contributed by atoms with Gasteiger partial charge in [0.05, 0.1) is 144 Å². The van der Waals surface area contributed by atoms with E-state index >= 15 is 0 Å². The van der Waals surface area contributed by atoms with Crippen LogP contribution in [0.5, 0.6) is 0 Å². The molecular formula is C110H216N4O22. The Labute approximate surface area is 833 Å². The number of carbonyl (C=O) groups is 8. The van der Waals surface area contributed by atoms with Crippen LogP contribution in [0.2, 0.25) is 0 Å². The fourth-order valence-electron chi connectivity index (χ4n) is 13.3. The second-order valence-corrected chi connectivity index (χ2v) is 50.9. The summed E-state index contributed by atoms with van der Waals surface area (Å²) in [6.45, 7) is 103. The summed E-state index contributed by atoms with van der Waals surface area (Å²) in [5.41, 5.74) is -1.63. The quantitative estimate of drug-likeness (QED) is 0.0477. The van der Waals surface area contributed by atoms with Crippen LogP contribution >= 0.6 is 0 Å². The zero-order valence-corrected chi connectivity index (χ0v) is 96.2. The zero-order valence-electron chi connectivity index (χ0n) is 96.2. The average molecular weight is 1950 g/mol. The average Bonchev–Trinajstić information content (AvgIpc) is 0.783. The largest absolute Gasteiger partial charge is 0.381 e. The fourth-order valence-corrected chi connectivity index (χ4v) is 13.3. The molecule has 808 valence electrons. The van der Waals surface area contributed by atoms with Crippen molar-refractivity contribution >= 4 is 46.6 Å². The van der Waals surface area contributed by atoms with Gasteiger partial charge in [-0.1, -0.05) is 228 Å². The second kappa shape index (κ2) is 68.5. The molecule has 1 aliphatic heterocycles. The molecule has 26 nitrogen and oxygen atoms in total. The van der Waals surface area contributed by atoms with Crippen molar-refractivity contribution in [3.8, 4) is 0 Å². The highest BCUT2D eigenvalue weighted by atomic mass is 16.7. The summed E-state index contributed by atoms with van der Waals surface area (Å²) in [5.74, 6) is 2.13. The maximum atomic E-state index is 12.5. The molecule has 3 N–H and O–H groups in total. The number of nitrogens with one attached hydrogen (secondary N) is 3. The molecule has 1 fully saturated rings. The molecule has 26 heteroatoms. The van der Waals surface area contributed by atoms with Gasteiger partial charge < -0.3 is 82.3 Å². The van der Waals surface area contributed by atoms with Gasteiger partial charge in [0.15, 0.2) is 6.29 Å². The van der Waals surface area contributed by atoms with Crippen LogP contribution in [0.1, 0.15) is 370 Å². The lowest BCUT2D eigenvalue weighted by Gasteiger charge is -2.47. The van der Waals surface area contributed by atoms with E-state index in [1.54, 1.807) is 0 Å². The molecular weight excluding hydrogens is 1730 g/mol. The van der Waals surface area contributed by atoms with Gasteiger partial charge in [0.2, 0.25) is 17.7 Å². The minimum absolute atomic E-state index is 0.000875. The first kappa shape index (κ1) is 138. The number of amides is 3. The molecule has 2 unspecified atom stereocenters. The van der Waals surface area contributed by atoms with Gasteiger partial charge in [0.25, 0.3) is 0 Å². The molecule has 1 heterocycles. The van der Waals surface area contributed by atoms with Crippen molar-refractivity contribution in [2.75, 3.05) is 139 Å². The van der Waals surface area contributed by atoms with Gasteiger partial charge in [-0.3, -0.25) is 43.3 Å². The predicted molar refractivity (Wildman–Crippen MR) is 554 cm³/mol. The van der Waals surface area contributed by atoms with E-state index in [4.69, 9.17) is 66.3 Å². The zero-order chi connectivity index (χ0) is 107. The second-order valence-electron chi connectivity index (χ2n) is 50.9. The molecule has 0 saturated carbocycles. The Kier molecular flexibility index (Phi) is 69.7. The number of ether oxygens (including phenoxy) is 14. The Morgan fingerprint density at radius 3 is 0.985 bits per heavy atom. The molecule has 0 spiro atoms. The lowest BCUT2D eigenvalue weighted by Crippen LogP contribution is -2.63. The summed E-state index contributed by atoms with van der Waals surface area (Å²) in [6.07, 6.45) is 2.59. The van der Waals surface area contributed by atoms with Gasteiger partial charge in [-0.2, -0.15) is 0 Å². The summed E-state index contributed by atoms with van der Waals surface area (Å²) in [4.78, 5) is 97.5. The van der Waals surface area contributed by atoms with Gasteiger partial charge in [-0.05, 0) is 147 Å². The minimum Gasteiger partial charge on any atom is -0.381 e. The van der Waals surface area contributed by atoms with Crippen molar-refractivity contribution in [2.45, 2.75) is 442 Å². The Balaban J connectivity index is -0.000000815. The maximum Gasteiger partial charge on any atom is 0.234 e. The van der Waals surface area contributed by atoms with Crippen molar-refractivity contribution in [3.63, 3.8) is 0 Å². The third-order valence-electron chi connectivity index (χ3n) is 20.3. The van der Waals surface area contributed by atoms with Gasteiger partial charge in [-0.25, -0.2) is 0 Å². The molecule has 1 saturated heterocycles. The summed E-state index contributed by atoms with van der Waals surface area (Å²) in [6, 6.07) is 0.220. The Hall–Kier alpha value is -3.84. The normalized spacial score (nSPS) is 16.3. The first-order valence-electron chi connectivity index (χ1n) is 51.5. The van der Waals surface area contributed by atoms with Gasteiger partial charge >= 0.3 is 0 Å². The smallest absolute Gasteiger partial charge is 0.234 e. The number of hydrogen-bond acceptors (Lipinski definition) is 23. The van der Waals surface area contributed by atoms with Gasteiger partial charge in [0, 0.05) is 110 Å². The van der Waals surface area contributed by atoms with Crippen LogP contribution in [0.3, 0.4) is 0 Å². The molecule has 1 rings (SSSR count). The summed E-state index contributed by atoms with van der Waals surface area (Å²) in [5, 5.41) is 8.83. The molecule has 0 bridgehead atoms. The minimum atomic E-state index is -0.679. The molecule has 3 amide bonds. The Morgan fingerprint density at radius 2 is 0.684 bits per heavy atom. The van der Waals surface area contributed by atoms with Crippen molar-refractivity contribution in [3.05, 3.63) is 0 Å². The van der Waals surface area contributed by atoms with Crippen LogP contribution in [-0.4, -0.2) is 262 Å². The van der Waals surface area contributed by atoms with E-state index < -0.39 is 23.3 Å². The number of ketones is 5.